The van der Waals surface area contributed by atoms with Crippen LogP contribution in [0.5, 0.6) is 0 Å². The van der Waals surface area contributed by atoms with Gasteiger partial charge in [-0.3, -0.25) is 14.9 Å². The van der Waals surface area contributed by atoms with Gasteiger partial charge in [-0.2, -0.15) is 0 Å². The summed E-state index contributed by atoms with van der Waals surface area (Å²) in [6.45, 7) is 0. The predicted molar refractivity (Wildman–Crippen MR) is 96.4 cm³/mol. The molecule has 1 N–H and O–H groups in total. The molecule has 3 aromatic rings. The second-order valence-corrected chi connectivity index (χ2v) is 6.56. The van der Waals surface area contributed by atoms with Gasteiger partial charge in [0.05, 0.1) is 27.1 Å². The smallest absolute Gasteiger partial charge is 0.269 e. The zero-order valence-electron chi connectivity index (χ0n) is 12.8. The Bertz CT molecular complexity index is 874. The molecule has 0 fully saturated rings. The van der Waals surface area contributed by atoms with E-state index >= 15 is 0 Å². The molecular weight excluding hydrogens is 364 g/mol. The van der Waals surface area contributed by atoms with Gasteiger partial charge in [-0.1, -0.05) is 11.6 Å². The topological polar surface area (TPSA) is 85.4 Å². The van der Waals surface area contributed by atoms with Crippen LogP contribution in [0.1, 0.15) is 27.9 Å². The van der Waals surface area contributed by atoms with Gasteiger partial charge in [0, 0.05) is 24.2 Å². The van der Waals surface area contributed by atoms with Crippen LogP contribution in [0, 0.1) is 10.1 Å². The Balaban J connectivity index is 1.79. The number of nitro groups is 1. The maximum atomic E-state index is 12.5. The average molecular weight is 377 g/mol. The number of rotatable bonds is 7. The maximum absolute atomic E-state index is 12.5. The number of non-ortho nitro benzene ring substituents is 1. The van der Waals surface area contributed by atoms with Gasteiger partial charge in [-0.25, -0.2) is 0 Å². The summed E-state index contributed by atoms with van der Waals surface area (Å²) < 4.78 is 5.43. The van der Waals surface area contributed by atoms with Crippen LogP contribution in [-0.4, -0.2) is 10.7 Å². The molecule has 0 radical (unpaired) electrons. The molecule has 128 valence electrons. The number of benzene rings is 1. The van der Waals surface area contributed by atoms with Crippen LogP contribution in [-0.2, 0) is 0 Å². The standard InChI is InChI=1S/C17H13ClN2O4S/c18-13-7-9-25-17(13)15(21)10-14(16-2-1-8-24-16)19-11-3-5-12(6-4-11)20(22)23/h1-9,14,19H,10H2. The Labute approximate surface area is 152 Å². The molecule has 3 rings (SSSR count). The van der Waals surface area contributed by atoms with Crippen molar-refractivity contribution in [1.82, 2.24) is 0 Å². The van der Waals surface area contributed by atoms with E-state index in [-0.39, 0.29) is 17.9 Å². The molecule has 0 spiro atoms. The van der Waals surface area contributed by atoms with Gasteiger partial charge < -0.3 is 9.73 Å². The van der Waals surface area contributed by atoms with Crippen molar-refractivity contribution in [2.45, 2.75) is 12.5 Å². The van der Waals surface area contributed by atoms with Crippen molar-refractivity contribution in [2.75, 3.05) is 5.32 Å². The largest absolute Gasteiger partial charge is 0.467 e. The van der Waals surface area contributed by atoms with E-state index in [0.717, 1.165) is 0 Å². The van der Waals surface area contributed by atoms with E-state index in [1.165, 1.54) is 29.7 Å². The van der Waals surface area contributed by atoms with Crippen molar-refractivity contribution in [1.29, 1.82) is 0 Å². The molecule has 0 aliphatic carbocycles. The molecule has 2 aromatic heterocycles. The molecule has 0 aliphatic rings. The number of Topliss-reactive ketones (excluding diaryl/α,β-unsaturated/α-hetero) is 1. The Morgan fingerprint density at radius 2 is 2.04 bits per heavy atom. The molecule has 0 saturated heterocycles. The van der Waals surface area contributed by atoms with Crippen LogP contribution in [0.15, 0.2) is 58.5 Å². The van der Waals surface area contributed by atoms with E-state index in [9.17, 15) is 14.9 Å². The quantitative estimate of drug-likeness (QED) is 0.342. The number of hydrogen-bond acceptors (Lipinski definition) is 6. The maximum Gasteiger partial charge on any atom is 0.269 e. The Morgan fingerprint density at radius 1 is 1.28 bits per heavy atom. The molecule has 0 amide bonds. The summed E-state index contributed by atoms with van der Waals surface area (Å²) in [4.78, 5) is 23.3. The highest BCUT2D eigenvalue weighted by atomic mass is 35.5. The lowest BCUT2D eigenvalue weighted by molar-refractivity contribution is -0.384. The molecule has 6 nitrogen and oxygen atoms in total. The molecule has 8 heteroatoms. The third-order valence-corrected chi connectivity index (χ3v) is 4.95. The van der Waals surface area contributed by atoms with E-state index in [0.29, 0.717) is 21.3 Å². The first kappa shape index (κ1) is 17.2. The normalized spacial score (nSPS) is 11.9. The molecule has 0 bridgehead atoms. The zero-order chi connectivity index (χ0) is 17.8. The summed E-state index contributed by atoms with van der Waals surface area (Å²) in [6.07, 6.45) is 1.67. The van der Waals surface area contributed by atoms with Crippen molar-refractivity contribution in [3.63, 3.8) is 0 Å². The van der Waals surface area contributed by atoms with Gasteiger partial charge >= 0.3 is 0 Å². The van der Waals surface area contributed by atoms with Gasteiger partial charge in [0.2, 0.25) is 0 Å². The van der Waals surface area contributed by atoms with Crippen LogP contribution < -0.4 is 5.32 Å². The van der Waals surface area contributed by atoms with Crippen molar-refractivity contribution < 1.29 is 14.1 Å². The lowest BCUT2D eigenvalue weighted by atomic mass is 10.1. The highest BCUT2D eigenvalue weighted by Gasteiger charge is 2.22. The Morgan fingerprint density at radius 3 is 2.60 bits per heavy atom. The number of nitrogens with zero attached hydrogens (tertiary/aromatic N) is 1. The van der Waals surface area contributed by atoms with Crippen molar-refractivity contribution in [3.05, 3.63) is 79.9 Å². The third kappa shape index (κ3) is 4.07. The third-order valence-electron chi connectivity index (χ3n) is 3.57. The Kier molecular flexibility index (Phi) is 5.16. The molecule has 0 saturated carbocycles. The van der Waals surface area contributed by atoms with Crippen LogP contribution in [0.4, 0.5) is 11.4 Å². The van der Waals surface area contributed by atoms with Crippen LogP contribution >= 0.6 is 22.9 Å². The van der Waals surface area contributed by atoms with Gasteiger partial charge in [-0.15, -0.1) is 11.3 Å². The first-order chi connectivity index (χ1) is 12.0. The van der Waals surface area contributed by atoms with E-state index in [1.54, 1.807) is 35.7 Å². The summed E-state index contributed by atoms with van der Waals surface area (Å²) >= 11 is 7.33. The fourth-order valence-electron chi connectivity index (χ4n) is 2.36. The summed E-state index contributed by atoms with van der Waals surface area (Å²) in [5.74, 6) is 0.496. The highest BCUT2D eigenvalue weighted by Crippen LogP contribution is 2.29. The molecule has 1 unspecified atom stereocenters. The molecule has 2 heterocycles. The van der Waals surface area contributed by atoms with Crippen molar-refractivity contribution in [3.8, 4) is 0 Å². The minimum absolute atomic E-state index is 0.00143. The summed E-state index contributed by atoms with van der Waals surface area (Å²) in [6, 6.07) is 10.8. The van der Waals surface area contributed by atoms with Gasteiger partial charge in [0.1, 0.15) is 5.76 Å². The van der Waals surface area contributed by atoms with E-state index in [2.05, 4.69) is 5.32 Å². The first-order valence-electron chi connectivity index (χ1n) is 7.35. The Hall–Kier alpha value is -2.64. The number of carbonyl (C=O) groups is 1. The summed E-state index contributed by atoms with van der Waals surface area (Å²) in [5, 5.41) is 16.1. The summed E-state index contributed by atoms with van der Waals surface area (Å²) in [7, 11) is 0. The second-order valence-electron chi connectivity index (χ2n) is 5.24. The van der Waals surface area contributed by atoms with Crippen LogP contribution in [0.3, 0.4) is 0 Å². The minimum atomic E-state index is -0.462. The number of halogens is 1. The molecule has 25 heavy (non-hydrogen) atoms. The van der Waals surface area contributed by atoms with E-state index in [1.807, 2.05) is 0 Å². The van der Waals surface area contributed by atoms with Gasteiger partial charge in [0.25, 0.3) is 5.69 Å². The first-order valence-corrected chi connectivity index (χ1v) is 8.61. The summed E-state index contributed by atoms with van der Waals surface area (Å²) in [5.41, 5.74) is 0.651. The van der Waals surface area contributed by atoms with E-state index in [4.69, 9.17) is 16.0 Å². The number of anilines is 1. The average Bonchev–Trinajstić information content (AvgIpc) is 3.26. The fraction of sp³-hybridized carbons (Fsp3) is 0.118. The lowest BCUT2D eigenvalue weighted by Gasteiger charge is -2.17. The van der Waals surface area contributed by atoms with Crippen LogP contribution in [0.25, 0.3) is 0 Å². The zero-order valence-corrected chi connectivity index (χ0v) is 14.4. The minimum Gasteiger partial charge on any atom is -0.467 e. The van der Waals surface area contributed by atoms with Gasteiger partial charge in [-0.05, 0) is 35.7 Å². The highest BCUT2D eigenvalue weighted by molar-refractivity contribution is 7.12. The number of ketones is 1. The predicted octanol–water partition coefficient (Wildman–Crippen LogP) is 5.33. The van der Waals surface area contributed by atoms with Crippen molar-refractivity contribution in [2.24, 2.45) is 0 Å². The molecule has 0 aliphatic heterocycles. The number of hydrogen-bond donors (Lipinski definition) is 1. The molecule has 1 aromatic carbocycles. The SMILES string of the molecule is O=C(CC(Nc1ccc([N+](=O)[O-])cc1)c1ccco1)c1sccc1Cl. The number of carbonyl (C=O) groups excluding carboxylic acids is 1. The molecular formula is C17H13ClN2O4S. The second kappa shape index (κ2) is 7.50. The monoisotopic (exact) mass is 376 g/mol. The van der Waals surface area contributed by atoms with Crippen molar-refractivity contribution >= 4 is 40.1 Å². The molecule has 1 atom stereocenters. The number of thiophene rings is 1. The van der Waals surface area contributed by atoms with E-state index < -0.39 is 11.0 Å². The van der Waals surface area contributed by atoms with Gasteiger partial charge in [0.15, 0.2) is 5.78 Å². The van der Waals surface area contributed by atoms with Crippen LogP contribution in [0.2, 0.25) is 5.02 Å². The fourth-order valence-corrected chi connectivity index (χ4v) is 3.48. The number of nitro benzene ring substituents is 1. The number of nitrogens with one attached hydrogen (secondary N) is 1. The number of furan rings is 1. The lowest BCUT2D eigenvalue weighted by Crippen LogP contribution is -2.15.